The first-order valence-corrected chi connectivity index (χ1v) is 11.2. The van der Waals surface area contributed by atoms with E-state index < -0.39 is 17.6 Å². The van der Waals surface area contributed by atoms with Gasteiger partial charge in [0.2, 0.25) is 0 Å². The van der Waals surface area contributed by atoms with Gasteiger partial charge in [-0.3, -0.25) is 14.3 Å². The van der Waals surface area contributed by atoms with E-state index >= 15 is 4.39 Å². The summed E-state index contributed by atoms with van der Waals surface area (Å²) < 4.78 is 17.4. The molecule has 0 amide bonds. The zero-order valence-electron chi connectivity index (χ0n) is 16.8. The van der Waals surface area contributed by atoms with Crippen LogP contribution in [-0.4, -0.2) is 22.3 Å². The van der Waals surface area contributed by atoms with Gasteiger partial charge in [0.25, 0.3) is 5.56 Å². The van der Waals surface area contributed by atoms with Gasteiger partial charge in [0, 0.05) is 15.8 Å². The highest BCUT2D eigenvalue weighted by Gasteiger charge is 2.36. The van der Waals surface area contributed by atoms with Crippen molar-refractivity contribution >= 4 is 22.5 Å². The van der Waals surface area contributed by atoms with Crippen molar-refractivity contribution in [2.75, 3.05) is 6.54 Å². The molecule has 0 bridgehead atoms. The normalized spacial score (nSPS) is 26.4. The van der Waals surface area contributed by atoms with Crippen LogP contribution < -0.4 is 27.6 Å². The number of nitrogens with one attached hydrogen (secondary N) is 1. The Morgan fingerprint density at radius 3 is 2.69 bits per heavy atom. The number of hydrogen-bond donors (Lipinski definition) is 2. The molecule has 3 unspecified atom stereocenters. The average Bonchev–Trinajstić information content (AvgIpc) is 3.43. The lowest BCUT2D eigenvalue weighted by Gasteiger charge is -2.27. The molecule has 1 saturated carbocycles. The summed E-state index contributed by atoms with van der Waals surface area (Å²) in [5, 5.41) is 0.992. The number of alkyl halides is 1. The van der Waals surface area contributed by atoms with Crippen molar-refractivity contribution in [2.24, 2.45) is 11.7 Å². The summed E-state index contributed by atoms with van der Waals surface area (Å²) >= 11 is 1.69. The minimum Gasteiger partial charge on any atom is -0.330 e. The second-order valence-electron chi connectivity index (χ2n) is 8.77. The van der Waals surface area contributed by atoms with E-state index in [1.807, 2.05) is 6.92 Å². The van der Waals surface area contributed by atoms with Crippen molar-refractivity contribution in [1.82, 2.24) is 9.55 Å². The van der Waals surface area contributed by atoms with E-state index in [4.69, 9.17) is 5.73 Å². The van der Waals surface area contributed by atoms with Crippen LogP contribution in [0.3, 0.4) is 0 Å². The predicted molar refractivity (Wildman–Crippen MR) is 114 cm³/mol. The first-order valence-electron chi connectivity index (χ1n) is 10.4. The minimum atomic E-state index is -1.26. The van der Waals surface area contributed by atoms with Crippen molar-refractivity contribution in [2.45, 2.75) is 64.1 Å². The first-order chi connectivity index (χ1) is 13.9. The summed E-state index contributed by atoms with van der Waals surface area (Å²) in [4.78, 5) is 29.9. The number of rotatable bonds is 3. The minimum absolute atomic E-state index is 0.106. The fraction of sp³-hybridized carbons (Fsp3) is 0.545. The zero-order valence-corrected chi connectivity index (χ0v) is 17.6. The van der Waals surface area contributed by atoms with E-state index in [9.17, 15) is 9.59 Å². The lowest BCUT2D eigenvalue weighted by molar-refractivity contribution is 0.380. The van der Waals surface area contributed by atoms with E-state index in [1.54, 1.807) is 22.8 Å². The number of hydrogen-bond acceptors (Lipinski definition) is 4. The molecule has 5 nitrogen and oxygen atoms in total. The van der Waals surface area contributed by atoms with Crippen LogP contribution in [0.4, 0.5) is 4.39 Å². The maximum absolute atomic E-state index is 15.7. The predicted octanol–water partition coefficient (Wildman–Crippen LogP) is 1.47. The highest BCUT2D eigenvalue weighted by atomic mass is 32.1. The van der Waals surface area contributed by atoms with Crippen LogP contribution in [0.25, 0.3) is 11.1 Å². The SMILES string of the molecule is CC1=c2c(=O)[nH]c(=O)n(C3CC3)c2=C(C)C(c2cc3c(s2)CCC(CN)C3)C1F. The largest absolute Gasteiger partial charge is 0.330 e. The van der Waals surface area contributed by atoms with E-state index in [0.29, 0.717) is 28.6 Å². The molecule has 0 aliphatic heterocycles. The van der Waals surface area contributed by atoms with Crippen LogP contribution in [0.2, 0.25) is 0 Å². The van der Waals surface area contributed by atoms with Gasteiger partial charge in [-0.15, -0.1) is 11.3 Å². The van der Waals surface area contributed by atoms with Crippen LogP contribution in [0, 0.1) is 5.92 Å². The number of H-pyrrole nitrogens is 1. The Bertz CT molecular complexity index is 1230. The molecule has 5 rings (SSSR count). The first kappa shape index (κ1) is 19.0. The molecule has 0 radical (unpaired) electrons. The summed E-state index contributed by atoms with van der Waals surface area (Å²) in [5.74, 6) is 0.0517. The number of thiophene rings is 1. The molecule has 3 aliphatic carbocycles. The van der Waals surface area contributed by atoms with Crippen LogP contribution >= 0.6 is 11.3 Å². The monoisotopic (exact) mass is 415 g/mol. The van der Waals surface area contributed by atoms with E-state index in [2.05, 4.69) is 11.1 Å². The van der Waals surface area contributed by atoms with Gasteiger partial charge in [-0.25, -0.2) is 9.18 Å². The molecule has 2 aromatic rings. The van der Waals surface area contributed by atoms with Gasteiger partial charge in [0.15, 0.2) is 0 Å². The Morgan fingerprint density at radius 2 is 2.00 bits per heavy atom. The summed E-state index contributed by atoms with van der Waals surface area (Å²) in [6, 6.07) is 2.25. The van der Waals surface area contributed by atoms with Gasteiger partial charge in [-0.1, -0.05) is 0 Å². The molecule has 0 aromatic carbocycles. The molecule has 154 valence electrons. The molecule has 1 fully saturated rings. The van der Waals surface area contributed by atoms with E-state index in [0.717, 1.165) is 42.6 Å². The van der Waals surface area contributed by atoms with Gasteiger partial charge in [0.1, 0.15) is 6.17 Å². The quantitative estimate of drug-likeness (QED) is 0.797. The molecule has 0 spiro atoms. The van der Waals surface area contributed by atoms with Crippen molar-refractivity contribution in [1.29, 1.82) is 0 Å². The Hall–Kier alpha value is -1.99. The molecule has 3 N–H and O–H groups in total. The molecule has 7 heteroatoms. The second kappa shape index (κ2) is 6.77. The molecular formula is C22H26FN3O2S. The molecule has 3 atom stereocenters. The number of nitrogens with two attached hydrogens (primary N) is 1. The van der Waals surface area contributed by atoms with Crippen molar-refractivity contribution in [3.63, 3.8) is 0 Å². The third-order valence-corrected chi connectivity index (χ3v) is 8.16. The van der Waals surface area contributed by atoms with Gasteiger partial charge in [0.05, 0.1) is 16.5 Å². The fourth-order valence-electron chi connectivity index (χ4n) is 5.07. The van der Waals surface area contributed by atoms with Gasteiger partial charge >= 0.3 is 5.69 Å². The molecular weight excluding hydrogens is 389 g/mol. The second-order valence-corrected chi connectivity index (χ2v) is 9.94. The summed E-state index contributed by atoms with van der Waals surface area (Å²) in [6.07, 6.45) is 3.61. The van der Waals surface area contributed by atoms with Gasteiger partial charge in [-0.2, -0.15) is 0 Å². The van der Waals surface area contributed by atoms with Gasteiger partial charge in [-0.05, 0) is 81.2 Å². The Morgan fingerprint density at radius 1 is 1.24 bits per heavy atom. The third kappa shape index (κ3) is 2.89. The summed E-state index contributed by atoms with van der Waals surface area (Å²) in [6.45, 7) is 4.27. The van der Waals surface area contributed by atoms with E-state index in [1.165, 1.54) is 10.4 Å². The fourth-order valence-corrected chi connectivity index (χ4v) is 6.47. The van der Waals surface area contributed by atoms with Crippen LogP contribution in [0.5, 0.6) is 0 Å². The van der Waals surface area contributed by atoms with Crippen LogP contribution in [0.15, 0.2) is 15.7 Å². The highest BCUT2D eigenvalue weighted by Crippen LogP contribution is 2.42. The topological polar surface area (TPSA) is 80.9 Å². The highest BCUT2D eigenvalue weighted by molar-refractivity contribution is 7.12. The Labute approximate surface area is 171 Å². The van der Waals surface area contributed by atoms with E-state index in [-0.39, 0.29) is 11.7 Å². The molecule has 29 heavy (non-hydrogen) atoms. The average molecular weight is 416 g/mol. The number of nitrogens with zero attached hydrogens (tertiary/aromatic N) is 1. The molecule has 3 aliphatic rings. The zero-order chi connectivity index (χ0) is 20.4. The van der Waals surface area contributed by atoms with Crippen molar-refractivity contribution in [3.8, 4) is 0 Å². The Balaban J connectivity index is 1.74. The van der Waals surface area contributed by atoms with Crippen molar-refractivity contribution in [3.05, 3.63) is 52.8 Å². The Kier molecular flexibility index (Phi) is 4.44. The van der Waals surface area contributed by atoms with Gasteiger partial charge < -0.3 is 5.73 Å². The lowest BCUT2D eigenvalue weighted by atomic mass is 9.83. The van der Waals surface area contributed by atoms with Crippen molar-refractivity contribution < 1.29 is 4.39 Å². The number of aryl methyl sites for hydroxylation is 1. The number of aromatic amines is 1. The standard InChI is InChI=1S/C22H26FN3O2S/c1-10-18-20(26(14-4-5-14)22(28)25-21(18)27)11(2)17(19(10)23)16-8-13-7-12(9-24)3-6-15(13)29-16/h8,12,14,17,19H,3-7,9,24H2,1-2H3,(H,25,27,28). The number of aromatic nitrogens is 2. The molecule has 2 heterocycles. The number of halogens is 1. The molecule has 0 saturated heterocycles. The summed E-state index contributed by atoms with van der Waals surface area (Å²) in [7, 11) is 0. The third-order valence-electron chi connectivity index (χ3n) is 6.84. The number of fused-ring (bicyclic) bond motifs is 2. The maximum Gasteiger partial charge on any atom is 0.329 e. The maximum atomic E-state index is 15.7. The van der Waals surface area contributed by atoms with Crippen LogP contribution in [-0.2, 0) is 12.8 Å². The lowest BCUT2D eigenvalue weighted by Crippen LogP contribution is -2.58. The smallest absolute Gasteiger partial charge is 0.329 e. The summed E-state index contributed by atoms with van der Waals surface area (Å²) in [5.41, 5.74) is 7.53. The molecule has 2 aromatic heterocycles. The van der Waals surface area contributed by atoms with Crippen LogP contribution in [0.1, 0.15) is 60.4 Å².